The van der Waals surface area contributed by atoms with E-state index in [-0.39, 0.29) is 31.2 Å². The molecule has 0 radical (unpaired) electrons. The van der Waals surface area contributed by atoms with Crippen molar-refractivity contribution in [2.45, 2.75) is 56.7 Å². The molecule has 0 saturated carbocycles. The van der Waals surface area contributed by atoms with Crippen LogP contribution in [0.3, 0.4) is 0 Å². The number of rotatable bonds is 11. The quantitative estimate of drug-likeness (QED) is 0.444. The average molecular weight is 431 g/mol. The molecule has 0 aliphatic rings. The van der Waals surface area contributed by atoms with Crippen LogP contribution in [0.4, 0.5) is 0 Å². The van der Waals surface area contributed by atoms with Crippen LogP contribution < -0.4 is 11.5 Å². The summed E-state index contributed by atoms with van der Waals surface area (Å²) in [4.78, 5) is 30.7. The zero-order chi connectivity index (χ0) is 18.4. The smallest absolute Gasteiger partial charge is 0.246 e. The topological polar surface area (TPSA) is 149 Å². The maximum atomic E-state index is 12.7. The number of ketones is 1. The Morgan fingerprint density at radius 3 is 2.15 bits per heavy atom. The summed E-state index contributed by atoms with van der Waals surface area (Å²) in [5.41, 5.74) is 9.35. The minimum atomic E-state index is -3.75. The molecule has 1 unspecified atom stereocenters. The number of Topliss-reactive ketones (excluding diaryl/α,β-unsaturated/α-hetero) is 1. The SMILES string of the molecule is CCCC(CCC)S(=O)(=O)CC(N)(C(N)=O)C(=O)Cc1cnc[nH]1.Cl.Cl. The van der Waals surface area contributed by atoms with Gasteiger partial charge in [-0.3, -0.25) is 9.59 Å². The van der Waals surface area contributed by atoms with E-state index in [1.165, 1.54) is 12.5 Å². The molecule has 0 saturated heterocycles. The van der Waals surface area contributed by atoms with Gasteiger partial charge in [0.15, 0.2) is 21.2 Å². The Bertz CT molecular complexity index is 661. The van der Waals surface area contributed by atoms with E-state index in [2.05, 4.69) is 9.97 Å². The van der Waals surface area contributed by atoms with Gasteiger partial charge in [0.1, 0.15) is 0 Å². The monoisotopic (exact) mass is 430 g/mol. The third-order valence-corrected chi connectivity index (χ3v) is 6.35. The second-order valence-corrected chi connectivity index (χ2v) is 8.30. The molecule has 5 N–H and O–H groups in total. The molecular formula is C15H28Cl2N4O4S. The summed E-state index contributed by atoms with van der Waals surface area (Å²) < 4.78 is 25.4. The normalized spacial score (nSPS) is 13.4. The Balaban J connectivity index is 0. The molecule has 0 spiro atoms. The van der Waals surface area contributed by atoms with Crippen LogP contribution >= 0.6 is 24.8 Å². The van der Waals surface area contributed by atoms with E-state index < -0.39 is 38.1 Å². The van der Waals surface area contributed by atoms with Crippen molar-refractivity contribution in [3.63, 3.8) is 0 Å². The van der Waals surface area contributed by atoms with Gasteiger partial charge in [0.05, 0.1) is 23.8 Å². The highest BCUT2D eigenvalue weighted by Gasteiger charge is 2.45. The number of halogens is 2. The number of aromatic nitrogens is 2. The van der Waals surface area contributed by atoms with Crippen molar-refractivity contribution in [2.24, 2.45) is 11.5 Å². The van der Waals surface area contributed by atoms with Crippen molar-refractivity contribution in [3.05, 3.63) is 18.2 Å². The van der Waals surface area contributed by atoms with E-state index in [0.717, 1.165) is 0 Å². The number of primary amides is 1. The number of sulfone groups is 1. The van der Waals surface area contributed by atoms with Crippen LogP contribution in [0.5, 0.6) is 0 Å². The summed E-state index contributed by atoms with van der Waals surface area (Å²) in [7, 11) is -3.75. The van der Waals surface area contributed by atoms with E-state index in [9.17, 15) is 18.0 Å². The fourth-order valence-electron chi connectivity index (χ4n) is 2.58. The van der Waals surface area contributed by atoms with Gasteiger partial charge in [0, 0.05) is 11.9 Å². The number of nitrogens with zero attached hydrogens (tertiary/aromatic N) is 1. The van der Waals surface area contributed by atoms with Gasteiger partial charge in [-0.05, 0) is 12.8 Å². The number of nitrogens with one attached hydrogen (secondary N) is 1. The molecule has 1 rings (SSSR count). The summed E-state index contributed by atoms with van der Waals surface area (Å²) in [6.07, 6.45) is 4.83. The first-order valence-corrected chi connectivity index (χ1v) is 9.69. The fraction of sp³-hybridized carbons (Fsp3) is 0.667. The Labute approximate surface area is 166 Å². The summed E-state index contributed by atoms with van der Waals surface area (Å²) in [5, 5.41) is -0.630. The standard InChI is InChI=1S/C15H26N4O4S.2ClH/c1-3-5-12(6-4-2)24(22,23)9-15(17,14(16)21)13(20)7-11-8-18-10-19-11;;/h8,10,12H,3-7,9,17H2,1-2H3,(H2,16,21)(H,18,19);2*1H. The Morgan fingerprint density at radius 1 is 1.23 bits per heavy atom. The maximum Gasteiger partial charge on any atom is 0.246 e. The zero-order valence-corrected chi connectivity index (χ0v) is 17.4. The molecule has 1 heterocycles. The van der Waals surface area contributed by atoms with Gasteiger partial charge in [0.25, 0.3) is 0 Å². The van der Waals surface area contributed by atoms with Gasteiger partial charge < -0.3 is 16.5 Å². The second kappa shape index (κ2) is 11.5. The van der Waals surface area contributed by atoms with Gasteiger partial charge in [-0.15, -0.1) is 24.8 Å². The number of imidazole rings is 1. The summed E-state index contributed by atoms with van der Waals surface area (Å²) in [6.45, 7) is 3.76. The minimum Gasteiger partial charge on any atom is -0.368 e. The zero-order valence-electron chi connectivity index (χ0n) is 14.9. The van der Waals surface area contributed by atoms with E-state index >= 15 is 0 Å². The van der Waals surface area contributed by atoms with Crippen LogP contribution in [0.15, 0.2) is 12.5 Å². The fourth-order valence-corrected chi connectivity index (χ4v) is 4.95. The first-order chi connectivity index (χ1) is 11.2. The van der Waals surface area contributed by atoms with Crippen LogP contribution in [-0.2, 0) is 25.8 Å². The average Bonchev–Trinajstić information content (AvgIpc) is 2.99. The highest BCUT2D eigenvalue weighted by molar-refractivity contribution is 7.92. The van der Waals surface area contributed by atoms with E-state index in [0.29, 0.717) is 31.4 Å². The molecule has 0 aliphatic heterocycles. The summed E-state index contributed by atoms with van der Waals surface area (Å²) in [6, 6.07) is 0. The van der Waals surface area contributed by atoms with Crippen LogP contribution in [-0.4, -0.2) is 46.6 Å². The van der Waals surface area contributed by atoms with Gasteiger partial charge in [-0.1, -0.05) is 26.7 Å². The van der Waals surface area contributed by atoms with Gasteiger partial charge in [0.2, 0.25) is 5.91 Å². The first-order valence-electron chi connectivity index (χ1n) is 7.98. The lowest BCUT2D eigenvalue weighted by Crippen LogP contribution is -2.63. The number of amides is 1. The Kier molecular flexibility index (Phi) is 12.0. The number of nitrogens with two attached hydrogens (primary N) is 2. The van der Waals surface area contributed by atoms with Crippen molar-refractivity contribution in [2.75, 3.05) is 5.75 Å². The number of carbonyl (C=O) groups is 2. The van der Waals surface area contributed by atoms with E-state index in [4.69, 9.17) is 11.5 Å². The molecule has 152 valence electrons. The minimum absolute atomic E-state index is 0. The molecule has 26 heavy (non-hydrogen) atoms. The second-order valence-electron chi connectivity index (χ2n) is 6.02. The number of hydrogen-bond donors (Lipinski definition) is 3. The van der Waals surface area contributed by atoms with Crippen LogP contribution in [0.1, 0.15) is 45.2 Å². The van der Waals surface area contributed by atoms with Gasteiger partial charge >= 0.3 is 0 Å². The Morgan fingerprint density at radius 2 is 1.77 bits per heavy atom. The predicted octanol–water partition coefficient (Wildman–Crippen LogP) is 0.931. The summed E-state index contributed by atoms with van der Waals surface area (Å²) >= 11 is 0. The summed E-state index contributed by atoms with van der Waals surface area (Å²) in [5.74, 6) is -2.65. The molecule has 1 atom stereocenters. The molecule has 1 amide bonds. The molecular weight excluding hydrogens is 403 g/mol. The van der Waals surface area contributed by atoms with E-state index in [1.807, 2.05) is 13.8 Å². The van der Waals surface area contributed by atoms with Gasteiger partial charge in [-0.2, -0.15) is 0 Å². The molecule has 0 fully saturated rings. The molecule has 11 heteroatoms. The predicted molar refractivity (Wildman–Crippen MR) is 105 cm³/mol. The van der Waals surface area contributed by atoms with Crippen molar-refractivity contribution < 1.29 is 18.0 Å². The Hall–Kier alpha value is -1.16. The lowest BCUT2D eigenvalue weighted by atomic mass is 9.93. The molecule has 0 bridgehead atoms. The molecule has 8 nitrogen and oxygen atoms in total. The van der Waals surface area contributed by atoms with Crippen molar-refractivity contribution >= 4 is 46.3 Å². The van der Waals surface area contributed by atoms with Crippen molar-refractivity contribution in [1.29, 1.82) is 0 Å². The largest absolute Gasteiger partial charge is 0.368 e. The van der Waals surface area contributed by atoms with Crippen LogP contribution in [0.25, 0.3) is 0 Å². The number of hydrogen-bond acceptors (Lipinski definition) is 6. The van der Waals surface area contributed by atoms with Crippen LogP contribution in [0.2, 0.25) is 0 Å². The van der Waals surface area contributed by atoms with Crippen LogP contribution in [0, 0.1) is 0 Å². The molecule has 0 aromatic carbocycles. The lowest BCUT2D eigenvalue weighted by Gasteiger charge is -2.27. The first kappa shape index (κ1) is 27.1. The lowest BCUT2D eigenvalue weighted by molar-refractivity contribution is -0.132. The third-order valence-electron chi connectivity index (χ3n) is 4.00. The van der Waals surface area contributed by atoms with E-state index in [1.54, 1.807) is 0 Å². The number of aromatic amines is 1. The maximum absolute atomic E-state index is 12.7. The molecule has 0 aliphatic carbocycles. The van der Waals surface area contributed by atoms with Crippen molar-refractivity contribution in [3.8, 4) is 0 Å². The number of carbonyl (C=O) groups excluding carboxylic acids is 2. The highest BCUT2D eigenvalue weighted by Crippen LogP contribution is 2.20. The third kappa shape index (κ3) is 6.86. The number of H-pyrrole nitrogens is 1. The van der Waals surface area contributed by atoms with Crippen molar-refractivity contribution in [1.82, 2.24) is 9.97 Å². The highest BCUT2D eigenvalue weighted by atomic mass is 35.5. The van der Waals surface area contributed by atoms with Gasteiger partial charge in [-0.25, -0.2) is 13.4 Å². The molecule has 1 aromatic heterocycles. The molecule has 1 aromatic rings.